The van der Waals surface area contributed by atoms with Crippen molar-refractivity contribution >= 4 is 11.3 Å². The highest BCUT2D eigenvalue weighted by atomic mass is 32.1. The van der Waals surface area contributed by atoms with Gasteiger partial charge in [0.25, 0.3) is 0 Å². The molecule has 5 nitrogen and oxygen atoms in total. The van der Waals surface area contributed by atoms with Gasteiger partial charge in [0.2, 0.25) is 0 Å². The minimum absolute atomic E-state index is 0.0431. The molecule has 1 aromatic heterocycles. The van der Waals surface area contributed by atoms with Crippen LogP contribution in [0.4, 0.5) is 0 Å². The van der Waals surface area contributed by atoms with E-state index in [0.717, 1.165) is 44.6 Å². The molecule has 1 saturated heterocycles. The second kappa shape index (κ2) is 8.03. The first-order valence-corrected chi connectivity index (χ1v) is 9.61. The summed E-state index contributed by atoms with van der Waals surface area (Å²) in [4.78, 5) is 4.69. The maximum Gasteiger partial charge on any atom is 0.113 e. The van der Waals surface area contributed by atoms with Crippen LogP contribution >= 0.6 is 11.3 Å². The fourth-order valence-corrected chi connectivity index (χ4v) is 4.51. The number of hydrogen-bond acceptors (Lipinski definition) is 6. The second-order valence-corrected chi connectivity index (χ2v) is 7.62. The van der Waals surface area contributed by atoms with Crippen molar-refractivity contribution in [2.45, 2.75) is 63.2 Å². The Labute approximate surface area is 142 Å². The van der Waals surface area contributed by atoms with E-state index >= 15 is 0 Å². The zero-order chi connectivity index (χ0) is 16.1. The number of aryl methyl sites for hydroxylation is 1. The zero-order valence-electron chi connectivity index (χ0n) is 13.9. The Morgan fingerprint density at radius 1 is 1.43 bits per heavy atom. The highest BCUT2D eigenvalue weighted by Crippen LogP contribution is 2.40. The lowest BCUT2D eigenvalue weighted by Gasteiger charge is -2.30. The Kier molecular flexibility index (Phi) is 6.04. The molecule has 2 heterocycles. The number of thiazole rings is 1. The molecule has 130 valence electrons. The Morgan fingerprint density at radius 2 is 2.17 bits per heavy atom. The molecule has 1 unspecified atom stereocenters. The van der Waals surface area contributed by atoms with Crippen LogP contribution in [-0.2, 0) is 15.0 Å². The summed E-state index contributed by atoms with van der Waals surface area (Å²) in [7, 11) is 0. The van der Waals surface area contributed by atoms with E-state index in [4.69, 9.17) is 14.5 Å². The molecule has 0 aromatic carbocycles. The molecule has 23 heavy (non-hydrogen) atoms. The summed E-state index contributed by atoms with van der Waals surface area (Å²) in [5.41, 5.74) is 1.04. The molecule has 3 rings (SSSR count). The van der Waals surface area contributed by atoms with Crippen molar-refractivity contribution in [2.24, 2.45) is 0 Å². The van der Waals surface area contributed by atoms with Crippen LogP contribution in [0.25, 0.3) is 0 Å². The fourth-order valence-electron chi connectivity index (χ4n) is 3.48. The van der Waals surface area contributed by atoms with Gasteiger partial charge in [0.05, 0.1) is 24.4 Å². The lowest BCUT2D eigenvalue weighted by atomic mass is 9.98. The summed E-state index contributed by atoms with van der Waals surface area (Å²) in [6, 6.07) is 0. The smallest absolute Gasteiger partial charge is 0.113 e. The van der Waals surface area contributed by atoms with Crippen molar-refractivity contribution in [1.82, 2.24) is 10.3 Å². The monoisotopic (exact) mass is 340 g/mol. The van der Waals surface area contributed by atoms with Gasteiger partial charge in [-0.3, -0.25) is 0 Å². The largest absolute Gasteiger partial charge is 0.389 e. The first-order chi connectivity index (χ1) is 11.2. The van der Waals surface area contributed by atoms with Crippen LogP contribution in [0.3, 0.4) is 0 Å². The van der Waals surface area contributed by atoms with E-state index in [-0.39, 0.29) is 11.6 Å². The number of rotatable bonds is 7. The van der Waals surface area contributed by atoms with E-state index in [9.17, 15) is 5.11 Å². The Balaban J connectivity index is 1.48. The van der Waals surface area contributed by atoms with Gasteiger partial charge in [-0.15, -0.1) is 11.3 Å². The molecule has 2 N–H and O–H groups in total. The molecule has 0 amide bonds. The van der Waals surface area contributed by atoms with Gasteiger partial charge in [-0.1, -0.05) is 12.8 Å². The van der Waals surface area contributed by atoms with Gasteiger partial charge in [0, 0.05) is 30.8 Å². The van der Waals surface area contributed by atoms with Gasteiger partial charge in [0.15, 0.2) is 0 Å². The summed E-state index contributed by atoms with van der Waals surface area (Å²) >= 11 is 1.73. The minimum atomic E-state index is -0.476. The minimum Gasteiger partial charge on any atom is -0.389 e. The molecular formula is C17H28N2O3S. The second-order valence-electron chi connectivity index (χ2n) is 6.76. The van der Waals surface area contributed by atoms with Crippen LogP contribution in [-0.4, -0.2) is 48.7 Å². The number of aliphatic hydroxyl groups excluding tert-OH is 1. The van der Waals surface area contributed by atoms with Crippen molar-refractivity contribution in [1.29, 1.82) is 0 Å². The van der Waals surface area contributed by atoms with Crippen molar-refractivity contribution in [3.8, 4) is 0 Å². The molecule has 1 aromatic rings. The SMILES string of the molecule is Cc1csc(C2(NCC(O)COC3CCOCC3)CCCC2)n1. The maximum atomic E-state index is 10.3. The number of aromatic nitrogens is 1. The number of nitrogens with one attached hydrogen (secondary N) is 1. The standard InChI is InChI=1S/C17H28N2O3S/c1-13-12-23-16(19-13)17(6-2-3-7-17)18-10-14(20)11-22-15-4-8-21-9-5-15/h12,14-15,18,20H,2-11H2,1H3. The van der Waals surface area contributed by atoms with Crippen LogP contribution < -0.4 is 5.32 Å². The summed E-state index contributed by atoms with van der Waals surface area (Å²) in [6.07, 6.45) is 6.28. The number of aliphatic hydroxyl groups is 1. The lowest BCUT2D eigenvalue weighted by molar-refractivity contribution is -0.0595. The van der Waals surface area contributed by atoms with Gasteiger partial charge in [0.1, 0.15) is 5.01 Å². The molecular weight excluding hydrogens is 312 g/mol. The quantitative estimate of drug-likeness (QED) is 0.798. The van der Waals surface area contributed by atoms with E-state index in [2.05, 4.69) is 10.7 Å². The highest BCUT2D eigenvalue weighted by molar-refractivity contribution is 7.09. The third-order valence-corrected chi connectivity index (χ3v) is 6.02. The van der Waals surface area contributed by atoms with Crippen LogP contribution in [0.1, 0.15) is 49.2 Å². The normalized spacial score (nSPS) is 23.2. The molecule has 1 saturated carbocycles. The van der Waals surface area contributed by atoms with Crippen LogP contribution in [0.15, 0.2) is 5.38 Å². The van der Waals surface area contributed by atoms with Crippen molar-refractivity contribution < 1.29 is 14.6 Å². The number of ether oxygens (including phenoxy) is 2. The number of hydrogen-bond donors (Lipinski definition) is 2. The predicted molar refractivity (Wildman–Crippen MR) is 90.8 cm³/mol. The summed E-state index contributed by atoms with van der Waals surface area (Å²) in [6.45, 7) is 4.53. The molecule has 2 fully saturated rings. The summed E-state index contributed by atoms with van der Waals surface area (Å²) < 4.78 is 11.1. The van der Waals surface area contributed by atoms with Gasteiger partial charge < -0.3 is 19.9 Å². The number of nitrogens with zero attached hydrogens (tertiary/aromatic N) is 1. The summed E-state index contributed by atoms with van der Waals surface area (Å²) in [5.74, 6) is 0. The van der Waals surface area contributed by atoms with Crippen molar-refractivity contribution in [2.75, 3.05) is 26.4 Å². The van der Waals surface area contributed by atoms with Crippen molar-refractivity contribution in [3.05, 3.63) is 16.1 Å². The average Bonchev–Trinajstić information content (AvgIpc) is 3.22. The van der Waals surface area contributed by atoms with Gasteiger partial charge in [-0.05, 0) is 32.6 Å². The van der Waals surface area contributed by atoms with Crippen molar-refractivity contribution in [3.63, 3.8) is 0 Å². The van der Waals surface area contributed by atoms with Gasteiger partial charge >= 0.3 is 0 Å². The van der Waals surface area contributed by atoms with E-state index < -0.39 is 6.10 Å². The predicted octanol–water partition coefficient (Wildman–Crippen LogP) is 2.37. The Bertz CT molecular complexity index is 482. The third kappa shape index (κ3) is 4.51. The van der Waals surface area contributed by atoms with E-state index in [0.29, 0.717) is 13.2 Å². The Morgan fingerprint density at radius 3 is 2.83 bits per heavy atom. The highest BCUT2D eigenvalue weighted by Gasteiger charge is 2.38. The lowest BCUT2D eigenvalue weighted by Crippen LogP contribution is -2.45. The molecule has 6 heteroatoms. The van der Waals surface area contributed by atoms with Crippen LogP contribution in [0, 0.1) is 6.92 Å². The summed E-state index contributed by atoms with van der Waals surface area (Å²) in [5, 5.41) is 17.2. The first kappa shape index (κ1) is 17.3. The fraction of sp³-hybridized carbons (Fsp3) is 0.824. The average molecular weight is 340 g/mol. The zero-order valence-corrected chi connectivity index (χ0v) is 14.7. The van der Waals surface area contributed by atoms with Gasteiger partial charge in [-0.2, -0.15) is 0 Å². The first-order valence-electron chi connectivity index (χ1n) is 8.73. The maximum absolute atomic E-state index is 10.3. The molecule has 0 spiro atoms. The Hall–Kier alpha value is -0.530. The van der Waals surface area contributed by atoms with E-state index in [1.54, 1.807) is 11.3 Å². The van der Waals surface area contributed by atoms with Gasteiger partial charge in [-0.25, -0.2) is 4.98 Å². The third-order valence-electron chi connectivity index (χ3n) is 4.85. The van der Waals surface area contributed by atoms with Crippen LogP contribution in [0.5, 0.6) is 0 Å². The molecule has 0 radical (unpaired) electrons. The molecule has 0 bridgehead atoms. The van der Waals surface area contributed by atoms with Crippen LogP contribution in [0.2, 0.25) is 0 Å². The molecule has 2 aliphatic rings. The van der Waals surface area contributed by atoms with E-state index in [1.807, 2.05) is 6.92 Å². The van der Waals surface area contributed by atoms with E-state index in [1.165, 1.54) is 17.8 Å². The topological polar surface area (TPSA) is 63.6 Å². The molecule has 1 atom stereocenters. The molecule has 1 aliphatic carbocycles. The molecule has 1 aliphatic heterocycles.